The van der Waals surface area contributed by atoms with Crippen molar-refractivity contribution in [3.8, 4) is 0 Å². The molecule has 0 bridgehead atoms. The highest BCUT2D eigenvalue weighted by Crippen LogP contribution is 2.28. The van der Waals surface area contributed by atoms with Crippen LogP contribution >= 0.6 is 0 Å². The first-order chi connectivity index (χ1) is 7.08. The molecule has 1 aromatic carbocycles. The molecule has 0 heterocycles. The zero-order chi connectivity index (χ0) is 11.0. The quantitative estimate of drug-likeness (QED) is 0.774. The van der Waals surface area contributed by atoms with Gasteiger partial charge in [-0.3, -0.25) is 4.79 Å². The molecule has 0 fully saturated rings. The van der Waals surface area contributed by atoms with Gasteiger partial charge >= 0.3 is 5.97 Å². The topological polar surface area (TPSA) is 37.3 Å². The van der Waals surface area contributed by atoms with Crippen LogP contribution in [0, 0.1) is 17.6 Å². The molecule has 0 saturated heterocycles. The molecule has 0 spiro atoms. The molecule has 1 aliphatic rings. The van der Waals surface area contributed by atoms with Crippen LogP contribution in [0.25, 0.3) is 0 Å². The number of aliphatic carboxylic acids is 1. The lowest BCUT2D eigenvalue weighted by atomic mass is 9.83. The number of aryl methyl sites for hydroxylation is 1. The van der Waals surface area contributed by atoms with E-state index in [0.29, 0.717) is 24.0 Å². The van der Waals surface area contributed by atoms with Crippen molar-refractivity contribution in [2.75, 3.05) is 0 Å². The lowest BCUT2D eigenvalue weighted by molar-refractivity contribution is -0.142. The first-order valence-corrected chi connectivity index (χ1v) is 4.77. The third-order valence-corrected chi connectivity index (χ3v) is 2.81. The summed E-state index contributed by atoms with van der Waals surface area (Å²) in [6, 6.07) is 2.10. The summed E-state index contributed by atoms with van der Waals surface area (Å²) >= 11 is 0. The van der Waals surface area contributed by atoms with E-state index in [-0.39, 0.29) is 6.42 Å². The van der Waals surface area contributed by atoms with Gasteiger partial charge in [0.1, 0.15) is 11.6 Å². The molecule has 1 N–H and O–H groups in total. The number of rotatable bonds is 1. The Labute approximate surface area is 85.5 Å². The highest BCUT2D eigenvalue weighted by molar-refractivity contribution is 5.71. The molecule has 0 radical (unpaired) electrons. The second-order valence-corrected chi connectivity index (χ2v) is 3.80. The van der Waals surface area contributed by atoms with Gasteiger partial charge in [0.15, 0.2) is 0 Å². The number of carboxylic acids is 1. The Balaban J connectivity index is 2.37. The fraction of sp³-hybridized carbons (Fsp3) is 0.364. The monoisotopic (exact) mass is 212 g/mol. The molecule has 0 amide bonds. The van der Waals surface area contributed by atoms with Gasteiger partial charge in [0.05, 0.1) is 5.92 Å². The molecule has 1 atom stereocenters. The minimum absolute atomic E-state index is 0.163. The summed E-state index contributed by atoms with van der Waals surface area (Å²) in [4.78, 5) is 10.7. The molecule has 0 aromatic heterocycles. The lowest BCUT2D eigenvalue weighted by Crippen LogP contribution is -2.23. The van der Waals surface area contributed by atoms with Gasteiger partial charge in [-0.1, -0.05) is 0 Å². The lowest BCUT2D eigenvalue weighted by Gasteiger charge is -2.21. The van der Waals surface area contributed by atoms with Gasteiger partial charge in [-0.25, -0.2) is 8.78 Å². The van der Waals surface area contributed by atoms with Crippen LogP contribution in [-0.2, 0) is 17.6 Å². The van der Waals surface area contributed by atoms with Crippen LogP contribution in [0.4, 0.5) is 8.78 Å². The SMILES string of the molecule is O=C(O)C1CCc2cc(F)cc(F)c2C1. The van der Waals surface area contributed by atoms with Gasteiger partial charge in [-0.2, -0.15) is 0 Å². The van der Waals surface area contributed by atoms with Gasteiger partial charge in [-0.05, 0) is 36.5 Å². The zero-order valence-corrected chi connectivity index (χ0v) is 7.96. The summed E-state index contributed by atoms with van der Waals surface area (Å²) in [5, 5.41) is 8.81. The first kappa shape index (κ1) is 10.1. The maximum absolute atomic E-state index is 13.3. The minimum atomic E-state index is -0.913. The second-order valence-electron chi connectivity index (χ2n) is 3.80. The van der Waals surface area contributed by atoms with Crippen molar-refractivity contribution in [2.24, 2.45) is 5.92 Å². The van der Waals surface area contributed by atoms with Crippen molar-refractivity contribution in [1.29, 1.82) is 0 Å². The van der Waals surface area contributed by atoms with Crippen molar-refractivity contribution in [3.63, 3.8) is 0 Å². The Hall–Kier alpha value is -1.45. The molecule has 2 nitrogen and oxygen atoms in total. The zero-order valence-electron chi connectivity index (χ0n) is 7.96. The van der Waals surface area contributed by atoms with E-state index in [4.69, 9.17) is 5.11 Å². The van der Waals surface area contributed by atoms with Crippen LogP contribution in [0.3, 0.4) is 0 Å². The predicted octanol–water partition coefficient (Wildman–Crippen LogP) is 2.15. The highest BCUT2D eigenvalue weighted by atomic mass is 19.1. The van der Waals surface area contributed by atoms with Gasteiger partial charge in [-0.15, -0.1) is 0 Å². The number of halogens is 2. The van der Waals surface area contributed by atoms with Crippen molar-refractivity contribution < 1.29 is 18.7 Å². The summed E-state index contributed by atoms with van der Waals surface area (Å²) in [6.45, 7) is 0. The molecule has 1 unspecified atom stereocenters. The molecule has 15 heavy (non-hydrogen) atoms. The average Bonchev–Trinajstić information content (AvgIpc) is 2.16. The van der Waals surface area contributed by atoms with Crippen LogP contribution < -0.4 is 0 Å². The summed E-state index contributed by atoms with van der Waals surface area (Å²) in [7, 11) is 0. The van der Waals surface area contributed by atoms with Crippen molar-refractivity contribution in [2.45, 2.75) is 19.3 Å². The van der Waals surface area contributed by atoms with Gasteiger partial charge < -0.3 is 5.11 Å². The number of benzene rings is 1. The average molecular weight is 212 g/mol. The predicted molar refractivity (Wildman–Crippen MR) is 49.5 cm³/mol. The normalized spacial score (nSPS) is 19.7. The van der Waals surface area contributed by atoms with Crippen molar-refractivity contribution in [3.05, 3.63) is 34.9 Å². The highest BCUT2D eigenvalue weighted by Gasteiger charge is 2.26. The third-order valence-electron chi connectivity index (χ3n) is 2.81. The van der Waals surface area contributed by atoms with E-state index in [1.165, 1.54) is 6.07 Å². The molecule has 80 valence electrons. The van der Waals surface area contributed by atoms with Crippen LogP contribution in [0.15, 0.2) is 12.1 Å². The van der Waals surface area contributed by atoms with Crippen molar-refractivity contribution >= 4 is 5.97 Å². The molecule has 0 aliphatic heterocycles. The minimum Gasteiger partial charge on any atom is -0.481 e. The van der Waals surface area contributed by atoms with Crippen LogP contribution in [0.2, 0.25) is 0 Å². The number of fused-ring (bicyclic) bond motifs is 1. The second kappa shape index (κ2) is 3.61. The molecule has 4 heteroatoms. The number of hydrogen-bond acceptors (Lipinski definition) is 1. The van der Waals surface area contributed by atoms with Crippen LogP contribution in [-0.4, -0.2) is 11.1 Å². The van der Waals surface area contributed by atoms with Gasteiger partial charge in [0.25, 0.3) is 0 Å². The standard InChI is InChI=1S/C11H10F2O2/c12-8-3-6-1-2-7(11(14)15)4-9(6)10(13)5-8/h3,5,7H,1-2,4H2,(H,14,15). The Bertz CT molecular complexity index is 415. The Morgan fingerprint density at radius 3 is 2.80 bits per heavy atom. The van der Waals surface area contributed by atoms with Gasteiger partial charge in [0.2, 0.25) is 0 Å². The molecular formula is C11H10F2O2. The Morgan fingerprint density at radius 1 is 1.40 bits per heavy atom. The molecule has 1 aromatic rings. The largest absolute Gasteiger partial charge is 0.481 e. The number of carboxylic acid groups (broad SMARTS) is 1. The molecular weight excluding hydrogens is 202 g/mol. The summed E-state index contributed by atoms with van der Waals surface area (Å²) < 4.78 is 26.2. The summed E-state index contributed by atoms with van der Waals surface area (Å²) in [5.74, 6) is -2.68. The van der Waals surface area contributed by atoms with E-state index < -0.39 is 23.5 Å². The van der Waals surface area contributed by atoms with E-state index >= 15 is 0 Å². The third kappa shape index (κ3) is 1.84. The maximum atomic E-state index is 13.3. The van der Waals surface area contributed by atoms with E-state index in [0.717, 1.165) is 6.07 Å². The first-order valence-electron chi connectivity index (χ1n) is 4.77. The Kier molecular flexibility index (Phi) is 2.42. The van der Waals surface area contributed by atoms with Gasteiger partial charge in [0, 0.05) is 6.07 Å². The summed E-state index contributed by atoms with van der Waals surface area (Å²) in [5.41, 5.74) is 0.958. The molecule has 0 saturated carbocycles. The summed E-state index contributed by atoms with van der Waals surface area (Å²) in [6.07, 6.45) is 1.04. The van der Waals surface area contributed by atoms with E-state index in [9.17, 15) is 13.6 Å². The fourth-order valence-electron chi connectivity index (χ4n) is 2.00. The number of carbonyl (C=O) groups is 1. The van der Waals surface area contributed by atoms with Crippen LogP contribution in [0.1, 0.15) is 17.5 Å². The van der Waals surface area contributed by atoms with Crippen molar-refractivity contribution in [1.82, 2.24) is 0 Å². The maximum Gasteiger partial charge on any atom is 0.306 e. The van der Waals surface area contributed by atoms with Crippen LogP contribution in [0.5, 0.6) is 0 Å². The van der Waals surface area contributed by atoms with E-state index in [2.05, 4.69) is 0 Å². The van der Waals surface area contributed by atoms with E-state index in [1.54, 1.807) is 0 Å². The molecule has 1 aliphatic carbocycles. The molecule has 2 rings (SSSR count). The fourth-order valence-corrected chi connectivity index (χ4v) is 2.00. The Morgan fingerprint density at radius 2 is 2.13 bits per heavy atom. The number of hydrogen-bond donors (Lipinski definition) is 1. The smallest absolute Gasteiger partial charge is 0.306 e. The van der Waals surface area contributed by atoms with E-state index in [1.807, 2.05) is 0 Å².